The number of nitrogens with one attached hydrogen (secondary N) is 1. The van der Waals surface area contributed by atoms with E-state index in [1.807, 2.05) is 12.1 Å². The quantitative estimate of drug-likeness (QED) is 0.809. The number of rotatable bonds is 3. The highest BCUT2D eigenvalue weighted by atomic mass is 19.1. The summed E-state index contributed by atoms with van der Waals surface area (Å²) in [5.74, 6) is 0.791. The average molecular weight is 381 g/mol. The summed E-state index contributed by atoms with van der Waals surface area (Å²) in [5, 5.41) is 3.47. The molecule has 2 aliphatic rings. The number of ether oxygens (including phenoxy) is 2. The topological polar surface area (TPSA) is 47.6 Å². The summed E-state index contributed by atoms with van der Waals surface area (Å²) in [6, 6.07) is 10.2. The molecule has 1 N–H and O–H groups in total. The lowest BCUT2D eigenvalue weighted by molar-refractivity contribution is -0.118. The number of Topliss-reactive ketones (excluding diaryl/α,β-unsaturated/α-hetero) is 1. The van der Waals surface area contributed by atoms with Crippen LogP contribution < -0.4 is 14.8 Å². The van der Waals surface area contributed by atoms with Gasteiger partial charge in [0.05, 0.1) is 14.2 Å². The van der Waals surface area contributed by atoms with Crippen molar-refractivity contribution < 1.29 is 18.7 Å². The Morgan fingerprint density at radius 1 is 1.04 bits per heavy atom. The Morgan fingerprint density at radius 3 is 2.32 bits per heavy atom. The molecule has 2 aromatic carbocycles. The van der Waals surface area contributed by atoms with Crippen LogP contribution in [-0.2, 0) is 4.79 Å². The maximum absolute atomic E-state index is 13.6. The van der Waals surface area contributed by atoms with Gasteiger partial charge in [-0.25, -0.2) is 4.39 Å². The third-order valence-electron chi connectivity index (χ3n) is 5.56. The molecule has 28 heavy (non-hydrogen) atoms. The molecule has 1 atom stereocenters. The van der Waals surface area contributed by atoms with Crippen molar-refractivity contribution in [2.45, 2.75) is 32.6 Å². The monoisotopic (exact) mass is 381 g/mol. The summed E-state index contributed by atoms with van der Waals surface area (Å²) in [6.45, 7) is 4.21. The first kappa shape index (κ1) is 18.5. The summed E-state index contributed by atoms with van der Waals surface area (Å²) in [6.07, 6.45) is 1.27. The van der Waals surface area contributed by atoms with Crippen molar-refractivity contribution in [3.63, 3.8) is 0 Å². The molecule has 1 unspecified atom stereocenters. The zero-order chi connectivity index (χ0) is 20.1. The van der Waals surface area contributed by atoms with E-state index in [-0.39, 0.29) is 22.9 Å². The minimum absolute atomic E-state index is 0.107. The van der Waals surface area contributed by atoms with E-state index in [2.05, 4.69) is 19.2 Å². The lowest BCUT2D eigenvalue weighted by Gasteiger charge is -2.39. The van der Waals surface area contributed by atoms with E-state index in [1.54, 1.807) is 26.4 Å². The first-order valence-electron chi connectivity index (χ1n) is 9.37. The Bertz CT molecular complexity index is 976. The number of hydrogen-bond acceptors (Lipinski definition) is 4. The van der Waals surface area contributed by atoms with E-state index in [4.69, 9.17) is 9.47 Å². The third kappa shape index (κ3) is 3.05. The zero-order valence-electron chi connectivity index (χ0n) is 16.6. The summed E-state index contributed by atoms with van der Waals surface area (Å²) in [4.78, 5) is 13.2. The Hall–Kier alpha value is -2.82. The number of anilines is 1. The largest absolute Gasteiger partial charge is 0.493 e. The molecule has 0 amide bonds. The van der Waals surface area contributed by atoms with Gasteiger partial charge < -0.3 is 14.8 Å². The van der Waals surface area contributed by atoms with Gasteiger partial charge in [0.1, 0.15) is 5.82 Å². The minimum atomic E-state index is -0.296. The SMILES string of the molecule is COc1cc2c(cc1OC)C(c1ccc(F)cc1)C1=C(CC(C)(C)CC1=O)N2. The molecule has 0 aromatic heterocycles. The van der Waals surface area contributed by atoms with Gasteiger partial charge in [-0.15, -0.1) is 0 Å². The lowest BCUT2D eigenvalue weighted by atomic mass is 9.68. The van der Waals surface area contributed by atoms with E-state index in [1.165, 1.54) is 12.1 Å². The molecule has 0 bridgehead atoms. The maximum Gasteiger partial charge on any atom is 0.162 e. The fraction of sp³-hybridized carbons (Fsp3) is 0.348. The molecule has 1 aliphatic heterocycles. The van der Waals surface area contributed by atoms with Crippen molar-refractivity contribution in [3.05, 3.63) is 64.6 Å². The Balaban J connectivity index is 1.95. The lowest BCUT2D eigenvalue weighted by Crippen LogP contribution is -2.33. The summed E-state index contributed by atoms with van der Waals surface area (Å²) in [7, 11) is 3.19. The van der Waals surface area contributed by atoms with Crippen molar-refractivity contribution in [3.8, 4) is 11.5 Å². The fourth-order valence-corrected chi connectivity index (χ4v) is 4.34. The number of halogens is 1. The van der Waals surface area contributed by atoms with E-state index < -0.39 is 0 Å². The summed E-state index contributed by atoms with van der Waals surface area (Å²) in [5.41, 5.74) is 4.30. The van der Waals surface area contributed by atoms with Crippen LogP contribution in [0.5, 0.6) is 11.5 Å². The average Bonchev–Trinajstić information content (AvgIpc) is 2.65. The van der Waals surface area contributed by atoms with Crippen molar-refractivity contribution >= 4 is 11.5 Å². The Labute approximate surface area is 164 Å². The Morgan fingerprint density at radius 2 is 1.68 bits per heavy atom. The van der Waals surface area contributed by atoms with Gasteiger partial charge >= 0.3 is 0 Å². The number of benzene rings is 2. The number of methoxy groups -OCH3 is 2. The van der Waals surface area contributed by atoms with Gasteiger partial charge in [-0.05, 0) is 41.2 Å². The number of allylic oxidation sites excluding steroid dienone is 2. The predicted octanol–water partition coefficient (Wildman–Crippen LogP) is 5.04. The second-order valence-electron chi connectivity index (χ2n) is 8.24. The fourth-order valence-electron chi connectivity index (χ4n) is 4.34. The number of hydrogen-bond donors (Lipinski definition) is 1. The van der Waals surface area contributed by atoms with Crippen molar-refractivity contribution in [1.82, 2.24) is 0 Å². The van der Waals surface area contributed by atoms with Crippen molar-refractivity contribution in [2.24, 2.45) is 5.41 Å². The van der Waals surface area contributed by atoms with Crippen LogP contribution in [0, 0.1) is 11.2 Å². The van der Waals surface area contributed by atoms with Crippen LogP contribution in [0.3, 0.4) is 0 Å². The highest BCUT2D eigenvalue weighted by Gasteiger charge is 2.41. The number of carbonyl (C=O) groups is 1. The molecule has 146 valence electrons. The van der Waals surface area contributed by atoms with Crippen LogP contribution >= 0.6 is 0 Å². The van der Waals surface area contributed by atoms with E-state index in [0.29, 0.717) is 17.9 Å². The van der Waals surface area contributed by atoms with E-state index in [9.17, 15) is 9.18 Å². The molecule has 4 rings (SSSR count). The zero-order valence-corrected chi connectivity index (χ0v) is 16.6. The number of ketones is 1. The molecule has 1 heterocycles. The standard InChI is InChI=1S/C23H24FNO3/c1-23(2)11-17-22(18(26)12-23)21(13-5-7-14(24)8-6-13)15-9-19(27-3)20(28-4)10-16(15)25-17/h5-10,21,25H,11-12H2,1-4H3. The van der Waals surface area contributed by atoms with Crippen LogP contribution in [0.25, 0.3) is 0 Å². The molecular weight excluding hydrogens is 357 g/mol. The predicted molar refractivity (Wildman–Crippen MR) is 106 cm³/mol. The van der Waals surface area contributed by atoms with Gasteiger partial charge in [0, 0.05) is 35.4 Å². The van der Waals surface area contributed by atoms with Gasteiger partial charge in [0.25, 0.3) is 0 Å². The molecular formula is C23H24FNO3. The van der Waals surface area contributed by atoms with Crippen molar-refractivity contribution in [2.75, 3.05) is 19.5 Å². The number of fused-ring (bicyclic) bond motifs is 1. The van der Waals surface area contributed by atoms with Gasteiger partial charge in [0.2, 0.25) is 0 Å². The van der Waals surface area contributed by atoms with Crippen LogP contribution in [0.2, 0.25) is 0 Å². The van der Waals surface area contributed by atoms with Crippen LogP contribution in [0.1, 0.15) is 43.7 Å². The van der Waals surface area contributed by atoms with Crippen LogP contribution in [0.15, 0.2) is 47.7 Å². The number of carbonyl (C=O) groups excluding carboxylic acids is 1. The van der Waals surface area contributed by atoms with E-state index >= 15 is 0 Å². The molecule has 0 spiro atoms. The summed E-state index contributed by atoms with van der Waals surface area (Å²) >= 11 is 0. The molecule has 1 aliphatic carbocycles. The molecule has 0 saturated carbocycles. The van der Waals surface area contributed by atoms with E-state index in [0.717, 1.165) is 34.5 Å². The van der Waals surface area contributed by atoms with Gasteiger partial charge in [-0.3, -0.25) is 4.79 Å². The molecule has 0 radical (unpaired) electrons. The molecule has 0 fully saturated rings. The van der Waals surface area contributed by atoms with Crippen LogP contribution in [-0.4, -0.2) is 20.0 Å². The molecule has 5 heteroatoms. The van der Waals surface area contributed by atoms with Crippen molar-refractivity contribution in [1.29, 1.82) is 0 Å². The second-order valence-corrected chi connectivity index (χ2v) is 8.24. The second kappa shape index (κ2) is 6.66. The molecule has 0 saturated heterocycles. The smallest absolute Gasteiger partial charge is 0.162 e. The van der Waals surface area contributed by atoms with Gasteiger partial charge in [-0.1, -0.05) is 26.0 Å². The van der Waals surface area contributed by atoms with Gasteiger partial charge in [-0.2, -0.15) is 0 Å². The normalized spacial score (nSPS) is 20.2. The highest BCUT2D eigenvalue weighted by Crippen LogP contribution is 2.51. The minimum Gasteiger partial charge on any atom is -0.493 e. The Kier molecular flexibility index (Phi) is 4.41. The van der Waals surface area contributed by atoms with Gasteiger partial charge in [0.15, 0.2) is 17.3 Å². The molecule has 2 aromatic rings. The first-order valence-corrected chi connectivity index (χ1v) is 9.37. The third-order valence-corrected chi connectivity index (χ3v) is 5.56. The molecule has 4 nitrogen and oxygen atoms in total. The first-order chi connectivity index (χ1) is 13.3. The van der Waals surface area contributed by atoms with Crippen LogP contribution in [0.4, 0.5) is 10.1 Å². The maximum atomic E-state index is 13.6. The highest BCUT2D eigenvalue weighted by molar-refractivity contribution is 6.01. The summed E-state index contributed by atoms with van der Waals surface area (Å²) < 4.78 is 24.5.